The molecule has 0 bridgehead atoms. The van der Waals surface area contributed by atoms with E-state index in [2.05, 4.69) is 5.32 Å². The van der Waals surface area contributed by atoms with E-state index in [1.807, 2.05) is 24.3 Å². The SMILES string of the molecule is Cn1c(=O)n(C)c2cc(CC(C#N)C(=O)Nc3cccc(O)c3)ccc21. The van der Waals surface area contributed by atoms with Crippen molar-refractivity contribution in [2.45, 2.75) is 6.42 Å². The number of anilines is 1. The van der Waals surface area contributed by atoms with E-state index in [9.17, 15) is 20.0 Å². The number of hydrogen-bond acceptors (Lipinski definition) is 4. The number of carbonyl (C=O) groups is 1. The van der Waals surface area contributed by atoms with Crippen molar-refractivity contribution in [1.29, 1.82) is 5.26 Å². The van der Waals surface area contributed by atoms with Gasteiger partial charge in [0.05, 0.1) is 17.1 Å². The minimum atomic E-state index is -0.893. The van der Waals surface area contributed by atoms with Gasteiger partial charge < -0.3 is 10.4 Å². The Balaban J connectivity index is 1.83. The van der Waals surface area contributed by atoms with Gasteiger partial charge in [0.25, 0.3) is 0 Å². The summed E-state index contributed by atoms with van der Waals surface area (Å²) in [4.78, 5) is 24.4. The lowest BCUT2D eigenvalue weighted by molar-refractivity contribution is -0.118. The van der Waals surface area contributed by atoms with E-state index in [4.69, 9.17) is 0 Å². The third kappa shape index (κ3) is 3.17. The summed E-state index contributed by atoms with van der Waals surface area (Å²) in [7, 11) is 3.38. The number of phenolic OH excluding ortho intramolecular Hbond substituents is 1. The predicted molar refractivity (Wildman–Crippen MR) is 97.7 cm³/mol. The van der Waals surface area contributed by atoms with E-state index in [1.54, 1.807) is 30.8 Å². The van der Waals surface area contributed by atoms with Crippen LogP contribution in [0.5, 0.6) is 5.75 Å². The number of benzene rings is 2. The van der Waals surface area contributed by atoms with Gasteiger partial charge in [-0.05, 0) is 36.2 Å². The van der Waals surface area contributed by atoms with Gasteiger partial charge in [0.1, 0.15) is 11.7 Å². The number of phenols is 1. The van der Waals surface area contributed by atoms with Crippen LogP contribution in [0.25, 0.3) is 11.0 Å². The molecule has 2 aromatic carbocycles. The molecule has 132 valence electrons. The van der Waals surface area contributed by atoms with Gasteiger partial charge in [0.2, 0.25) is 5.91 Å². The average Bonchev–Trinajstić information content (AvgIpc) is 2.83. The second-order valence-electron chi connectivity index (χ2n) is 6.15. The average molecular weight is 350 g/mol. The van der Waals surface area contributed by atoms with Crippen LogP contribution in [0.1, 0.15) is 5.56 Å². The van der Waals surface area contributed by atoms with E-state index in [-0.39, 0.29) is 17.9 Å². The zero-order valence-corrected chi connectivity index (χ0v) is 14.4. The lowest BCUT2D eigenvalue weighted by Gasteiger charge is -2.11. The molecule has 3 rings (SSSR count). The Morgan fingerprint density at radius 1 is 1.19 bits per heavy atom. The van der Waals surface area contributed by atoms with Crippen LogP contribution in [0.3, 0.4) is 0 Å². The molecule has 0 radical (unpaired) electrons. The number of imidazole rings is 1. The van der Waals surface area contributed by atoms with Crippen LogP contribution in [-0.4, -0.2) is 20.1 Å². The molecule has 0 aliphatic carbocycles. The minimum Gasteiger partial charge on any atom is -0.508 e. The number of aromatic nitrogens is 2. The van der Waals surface area contributed by atoms with Crippen molar-refractivity contribution in [3.8, 4) is 11.8 Å². The van der Waals surface area contributed by atoms with Crippen LogP contribution in [0.4, 0.5) is 5.69 Å². The van der Waals surface area contributed by atoms with E-state index in [1.165, 1.54) is 16.7 Å². The fourth-order valence-electron chi connectivity index (χ4n) is 2.93. The highest BCUT2D eigenvalue weighted by Crippen LogP contribution is 2.19. The van der Waals surface area contributed by atoms with Crippen LogP contribution >= 0.6 is 0 Å². The number of rotatable bonds is 4. The van der Waals surface area contributed by atoms with E-state index in [0.29, 0.717) is 5.69 Å². The van der Waals surface area contributed by atoms with Gasteiger partial charge in [-0.1, -0.05) is 12.1 Å². The molecule has 0 spiro atoms. The van der Waals surface area contributed by atoms with Crippen molar-refractivity contribution in [1.82, 2.24) is 9.13 Å². The zero-order valence-electron chi connectivity index (χ0n) is 14.4. The highest BCUT2D eigenvalue weighted by molar-refractivity contribution is 5.94. The highest BCUT2D eigenvalue weighted by Gasteiger charge is 2.19. The summed E-state index contributed by atoms with van der Waals surface area (Å²) in [6.45, 7) is 0. The summed E-state index contributed by atoms with van der Waals surface area (Å²) in [5, 5.41) is 21.5. The Hall–Kier alpha value is -3.53. The molecule has 0 fully saturated rings. The van der Waals surface area contributed by atoms with Crippen LogP contribution in [-0.2, 0) is 25.3 Å². The van der Waals surface area contributed by atoms with Crippen LogP contribution < -0.4 is 11.0 Å². The molecule has 2 N–H and O–H groups in total. The van der Waals surface area contributed by atoms with Crippen molar-refractivity contribution < 1.29 is 9.90 Å². The normalized spacial score (nSPS) is 11.9. The first-order valence-corrected chi connectivity index (χ1v) is 8.04. The standard InChI is InChI=1S/C19H18N4O3/c1-22-16-7-6-12(9-17(16)23(2)19(22)26)8-13(11-20)18(25)21-14-4-3-5-15(24)10-14/h3-7,9-10,13,24H,8H2,1-2H3,(H,21,25). The fraction of sp³-hybridized carbons (Fsp3) is 0.211. The molecule has 0 aliphatic rings. The Bertz CT molecular complexity index is 1090. The molecule has 1 atom stereocenters. The molecule has 1 heterocycles. The quantitative estimate of drug-likeness (QED) is 0.750. The van der Waals surface area contributed by atoms with E-state index < -0.39 is 11.8 Å². The lowest BCUT2D eigenvalue weighted by Crippen LogP contribution is -2.23. The number of carbonyl (C=O) groups excluding carboxylic acids is 1. The summed E-state index contributed by atoms with van der Waals surface area (Å²) in [5.41, 5.74) is 2.63. The second-order valence-corrected chi connectivity index (χ2v) is 6.15. The molecule has 1 amide bonds. The largest absolute Gasteiger partial charge is 0.508 e. The third-order valence-corrected chi connectivity index (χ3v) is 4.36. The monoisotopic (exact) mass is 350 g/mol. The number of amides is 1. The molecule has 0 saturated heterocycles. The second kappa shape index (κ2) is 6.76. The van der Waals surface area contributed by atoms with Gasteiger partial charge in [-0.2, -0.15) is 5.26 Å². The smallest absolute Gasteiger partial charge is 0.328 e. The number of aromatic hydroxyl groups is 1. The maximum atomic E-state index is 12.4. The van der Waals surface area contributed by atoms with E-state index in [0.717, 1.165) is 16.6 Å². The molecule has 7 heteroatoms. The number of aryl methyl sites for hydroxylation is 2. The van der Waals surface area contributed by atoms with Gasteiger partial charge in [-0.15, -0.1) is 0 Å². The van der Waals surface area contributed by atoms with Crippen LogP contribution in [0.15, 0.2) is 47.3 Å². The number of hydrogen-bond donors (Lipinski definition) is 2. The number of nitriles is 1. The minimum absolute atomic E-state index is 0.0340. The molecule has 3 aromatic rings. The Labute approximate surface area is 149 Å². The molecule has 1 unspecified atom stereocenters. The van der Waals surface area contributed by atoms with E-state index >= 15 is 0 Å². The first kappa shape index (κ1) is 17.3. The lowest BCUT2D eigenvalue weighted by atomic mass is 9.99. The first-order chi connectivity index (χ1) is 12.4. The highest BCUT2D eigenvalue weighted by atomic mass is 16.3. The van der Waals surface area contributed by atoms with Gasteiger partial charge in [-0.3, -0.25) is 13.9 Å². The fourth-order valence-corrected chi connectivity index (χ4v) is 2.93. The Morgan fingerprint density at radius 3 is 2.62 bits per heavy atom. The number of nitrogens with zero attached hydrogens (tertiary/aromatic N) is 3. The molecule has 26 heavy (non-hydrogen) atoms. The first-order valence-electron chi connectivity index (χ1n) is 8.04. The van der Waals surface area contributed by atoms with Crippen LogP contribution in [0.2, 0.25) is 0 Å². The topological polar surface area (TPSA) is 100 Å². The summed E-state index contributed by atoms with van der Waals surface area (Å²) in [5.74, 6) is -1.30. The zero-order chi connectivity index (χ0) is 18.8. The van der Waals surface area contributed by atoms with Gasteiger partial charge >= 0.3 is 5.69 Å². The van der Waals surface area contributed by atoms with Crippen molar-refractivity contribution in [2.75, 3.05) is 5.32 Å². The summed E-state index contributed by atoms with van der Waals surface area (Å²) >= 11 is 0. The maximum Gasteiger partial charge on any atom is 0.328 e. The Kier molecular flexibility index (Phi) is 4.50. The molecule has 0 aliphatic heterocycles. The van der Waals surface area contributed by atoms with Crippen molar-refractivity contribution in [2.24, 2.45) is 20.0 Å². The van der Waals surface area contributed by atoms with Gasteiger partial charge in [-0.25, -0.2) is 4.79 Å². The van der Waals surface area contributed by atoms with Crippen molar-refractivity contribution in [3.05, 3.63) is 58.5 Å². The van der Waals surface area contributed by atoms with Gasteiger partial charge in [0.15, 0.2) is 0 Å². The molecular formula is C19H18N4O3. The summed E-state index contributed by atoms with van der Waals surface area (Å²) < 4.78 is 3.09. The third-order valence-electron chi connectivity index (χ3n) is 4.36. The number of fused-ring (bicyclic) bond motifs is 1. The summed E-state index contributed by atoms with van der Waals surface area (Å²) in [6, 6.07) is 13.6. The molecule has 1 aromatic heterocycles. The summed E-state index contributed by atoms with van der Waals surface area (Å²) in [6.07, 6.45) is 0.222. The maximum absolute atomic E-state index is 12.4. The number of nitrogens with one attached hydrogen (secondary N) is 1. The predicted octanol–water partition coefficient (Wildman–Crippen LogP) is 1.90. The van der Waals surface area contributed by atoms with Crippen molar-refractivity contribution in [3.63, 3.8) is 0 Å². The van der Waals surface area contributed by atoms with Crippen molar-refractivity contribution >= 4 is 22.6 Å². The molecule has 7 nitrogen and oxygen atoms in total. The molecular weight excluding hydrogens is 332 g/mol. The molecule has 0 saturated carbocycles. The van der Waals surface area contributed by atoms with Gasteiger partial charge in [0, 0.05) is 25.8 Å². The Morgan fingerprint density at radius 2 is 1.92 bits per heavy atom. The van der Waals surface area contributed by atoms with Crippen LogP contribution in [0, 0.1) is 17.2 Å².